The molecule has 3 saturated heterocycles. The van der Waals surface area contributed by atoms with E-state index < -0.39 is 9.84 Å². The van der Waals surface area contributed by atoms with Crippen LogP contribution in [-0.4, -0.2) is 76.2 Å². The Balaban J connectivity index is 1.59. The summed E-state index contributed by atoms with van der Waals surface area (Å²) in [5.41, 5.74) is 0. The fourth-order valence-corrected chi connectivity index (χ4v) is 5.55. The van der Waals surface area contributed by atoms with Gasteiger partial charge in [-0.25, -0.2) is 8.42 Å². The summed E-state index contributed by atoms with van der Waals surface area (Å²) in [6, 6.07) is -0.0575. The van der Waals surface area contributed by atoms with E-state index in [0.29, 0.717) is 13.0 Å². The number of morpholine rings is 1. The van der Waals surface area contributed by atoms with Gasteiger partial charge in [-0.2, -0.15) is 0 Å². The van der Waals surface area contributed by atoms with Crippen molar-refractivity contribution in [3.8, 4) is 0 Å². The molecular formula is C12H21N2O4S+. The van der Waals surface area contributed by atoms with Crippen LogP contribution >= 0.6 is 0 Å². The van der Waals surface area contributed by atoms with Gasteiger partial charge in [0.1, 0.15) is 13.1 Å². The number of nitrogens with one attached hydrogen (secondary N) is 1. The van der Waals surface area contributed by atoms with Crippen LogP contribution in [-0.2, 0) is 19.4 Å². The van der Waals surface area contributed by atoms with Crippen LogP contribution in [0.25, 0.3) is 0 Å². The number of carbonyl (C=O) groups excluding carboxylic acids is 1. The van der Waals surface area contributed by atoms with E-state index in [1.165, 1.54) is 4.90 Å². The third kappa shape index (κ3) is 2.78. The first kappa shape index (κ1) is 13.3. The summed E-state index contributed by atoms with van der Waals surface area (Å²) >= 11 is 0. The van der Waals surface area contributed by atoms with E-state index in [1.54, 1.807) is 0 Å². The molecule has 0 bridgehead atoms. The molecule has 1 amide bonds. The summed E-state index contributed by atoms with van der Waals surface area (Å²) in [5, 5.41) is 0. The molecule has 3 fully saturated rings. The minimum atomic E-state index is -2.93. The van der Waals surface area contributed by atoms with Gasteiger partial charge in [-0.3, -0.25) is 4.79 Å². The maximum absolute atomic E-state index is 12.0. The molecule has 0 unspecified atom stereocenters. The van der Waals surface area contributed by atoms with E-state index >= 15 is 0 Å². The number of fused-ring (bicyclic) bond motifs is 1. The number of amides is 1. The Morgan fingerprint density at radius 1 is 1.26 bits per heavy atom. The summed E-state index contributed by atoms with van der Waals surface area (Å²) in [7, 11) is -2.93. The van der Waals surface area contributed by atoms with Gasteiger partial charge in [0.2, 0.25) is 5.91 Å². The van der Waals surface area contributed by atoms with Crippen molar-refractivity contribution in [1.29, 1.82) is 0 Å². The highest BCUT2D eigenvalue weighted by Gasteiger charge is 2.48. The predicted octanol–water partition coefficient (Wildman–Crippen LogP) is -2.45. The number of rotatable bonds is 3. The summed E-state index contributed by atoms with van der Waals surface area (Å²) in [5.74, 6) is 0.543. The number of hydrogen-bond donors (Lipinski definition) is 1. The van der Waals surface area contributed by atoms with Crippen LogP contribution in [0, 0.1) is 5.92 Å². The molecule has 108 valence electrons. The summed E-state index contributed by atoms with van der Waals surface area (Å²) < 4.78 is 28.6. The van der Waals surface area contributed by atoms with Crippen molar-refractivity contribution in [2.45, 2.75) is 12.5 Å². The van der Waals surface area contributed by atoms with Crippen molar-refractivity contribution in [3.05, 3.63) is 0 Å². The maximum atomic E-state index is 12.0. The molecule has 3 heterocycles. The van der Waals surface area contributed by atoms with Crippen molar-refractivity contribution in [2.75, 3.05) is 50.9 Å². The first-order valence-electron chi connectivity index (χ1n) is 6.96. The van der Waals surface area contributed by atoms with Gasteiger partial charge in [0.05, 0.1) is 43.9 Å². The molecule has 7 heteroatoms. The lowest BCUT2D eigenvalue weighted by Crippen LogP contribution is -3.14. The fourth-order valence-electron chi connectivity index (χ4n) is 3.45. The highest BCUT2D eigenvalue weighted by molar-refractivity contribution is 7.91. The van der Waals surface area contributed by atoms with E-state index in [-0.39, 0.29) is 29.4 Å². The minimum absolute atomic E-state index is 0.0391. The van der Waals surface area contributed by atoms with Crippen LogP contribution in [0.15, 0.2) is 0 Å². The number of ether oxygens (including phenoxy) is 1. The fraction of sp³-hybridized carbons (Fsp3) is 0.917. The number of likely N-dealkylation sites (tertiary alicyclic amines) is 1. The zero-order valence-corrected chi connectivity index (χ0v) is 11.8. The summed E-state index contributed by atoms with van der Waals surface area (Å²) in [6.45, 7) is 5.11. The number of sulfone groups is 1. The van der Waals surface area contributed by atoms with Crippen LogP contribution in [0.4, 0.5) is 0 Å². The molecule has 0 aromatic carbocycles. The van der Waals surface area contributed by atoms with Crippen LogP contribution in [0.3, 0.4) is 0 Å². The number of nitrogens with zero attached hydrogens (tertiary/aromatic N) is 1. The van der Waals surface area contributed by atoms with E-state index in [9.17, 15) is 13.2 Å². The van der Waals surface area contributed by atoms with E-state index in [1.807, 2.05) is 4.90 Å². The Bertz CT molecular complexity index is 458. The predicted molar refractivity (Wildman–Crippen MR) is 68.6 cm³/mol. The average Bonchev–Trinajstić information content (AvgIpc) is 2.79. The summed E-state index contributed by atoms with van der Waals surface area (Å²) in [6.07, 6.45) is 0.419. The normalized spacial score (nSPS) is 34.7. The smallest absolute Gasteiger partial charge is 0.223 e. The van der Waals surface area contributed by atoms with Crippen molar-refractivity contribution in [2.24, 2.45) is 5.92 Å². The lowest BCUT2D eigenvalue weighted by molar-refractivity contribution is -0.907. The van der Waals surface area contributed by atoms with E-state index in [4.69, 9.17) is 4.74 Å². The second kappa shape index (κ2) is 5.03. The molecule has 2 atom stereocenters. The summed E-state index contributed by atoms with van der Waals surface area (Å²) in [4.78, 5) is 15.2. The molecule has 0 saturated carbocycles. The Morgan fingerprint density at radius 2 is 2.00 bits per heavy atom. The molecule has 1 N–H and O–H groups in total. The highest BCUT2D eigenvalue weighted by Crippen LogP contribution is 2.33. The second-order valence-electron chi connectivity index (χ2n) is 5.81. The minimum Gasteiger partial charge on any atom is -0.370 e. The van der Waals surface area contributed by atoms with Crippen molar-refractivity contribution in [1.82, 2.24) is 4.90 Å². The van der Waals surface area contributed by atoms with Crippen LogP contribution < -0.4 is 4.90 Å². The largest absolute Gasteiger partial charge is 0.370 e. The number of quaternary nitrogens is 1. The Labute approximate surface area is 113 Å². The standard InChI is InChI=1S/C12H20N2O4S/c15-12-7-10-8-19(16,17)9-11(10)14(12)2-1-13-3-5-18-6-4-13/h10-11H,1-9H2/p+1/t10-,11+/m1/s1. The van der Waals surface area contributed by atoms with Gasteiger partial charge in [0, 0.05) is 12.3 Å². The lowest BCUT2D eigenvalue weighted by atomic mass is 10.1. The first-order chi connectivity index (χ1) is 9.05. The quantitative estimate of drug-likeness (QED) is 0.626. The zero-order valence-electron chi connectivity index (χ0n) is 11.0. The molecule has 0 radical (unpaired) electrons. The van der Waals surface area contributed by atoms with Gasteiger partial charge in [0.25, 0.3) is 0 Å². The van der Waals surface area contributed by atoms with Crippen molar-refractivity contribution < 1.29 is 22.8 Å². The van der Waals surface area contributed by atoms with Crippen LogP contribution in [0.5, 0.6) is 0 Å². The van der Waals surface area contributed by atoms with Crippen molar-refractivity contribution >= 4 is 15.7 Å². The molecule has 6 nitrogen and oxygen atoms in total. The molecule has 0 spiro atoms. The molecule has 0 aliphatic carbocycles. The van der Waals surface area contributed by atoms with Gasteiger partial charge < -0.3 is 14.5 Å². The van der Waals surface area contributed by atoms with Crippen molar-refractivity contribution in [3.63, 3.8) is 0 Å². The number of hydrogen-bond acceptors (Lipinski definition) is 4. The monoisotopic (exact) mass is 289 g/mol. The molecule has 0 aromatic rings. The van der Waals surface area contributed by atoms with Crippen LogP contribution in [0.2, 0.25) is 0 Å². The Morgan fingerprint density at radius 3 is 2.74 bits per heavy atom. The number of carbonyl (C=O) groups is 1. The third-order valence-corrected chi connectivity index (χ3v) is 6.29. The molecular weight excluding hydrogens is 268 g/mol. The molecule has 3 aliphatic heterocycles. The van der Waals surface area contributed by atoms with Gasteiger partial charge in [-0.1, -0.05) is 0 Å². The van der Waals surface area contributed by atoms with Crippen LogP contribution in [0.1, 0.15) is 6.42 Å². The maximum Gasteiger partial charge on any atom is 0.223 e. The Hall–Kier alpha value is -0.660. The van der Waals surface area contributed by atoms with Gasteiger partial charge in [0.15, 0.2) is 9.84 Å². The molecule has 3 rings (SSSR count). The SMILES string of the molecule is O=C1C[C@@H]2CS(=O)(=O)C[C@@H]2N1CC[NH+]1CCOCC1. The average molecular weight is 289 g/mol. The Kier molecular flexibility index (Phi) is 3.53. The topological polar surface area (TPSA) is 68.1 Å². The molecule has 19 heavy (non-hydrogen) atoms. The van der Waals surface area contributed by atoms with Gasteiger partial charge in [-0.05, 0) is 0 Å². The van der Waals surface area contributed by atoms with E-state index in [0.717, 1.165) is 32.8 Å². The first-order valence-corrected chi connectivity index (χ1v) is 8.78. The lowest BCUT2D eigenvalue weighted by Gasteiger charge is -2.28. The van der Waals surface area contributed by atoms with E-state index in [2.05, 4.69) is 0 Å². The van der Waals surface area contributed by atoms with Gasteiger partial charge in [-0.15, -0.1) is 0 Å². The molecule has 0 aromatic heterocycles. The zero-order chi connectivity index (χ0) is 13.5. The highest BCUT2D eigenvalue weighted by atomic mass is 32.2. The van der Waals surface area contributed by atoms with Gasteiger partial charge >= 0.3 is 0 Å². The second-order valence-corrected chi connectivity index (χ2v) is 7.96. The molecule has 3 aliphatic rings. The third-order valence-electron chi connectivity index (χ3n) is 4.50.